The van der Waals surface area contributed by atoms with Crippen molar-refractivity contribution in [2.24, 2.45) is 17.8 Å². The van der Waals surface area contributed by atoms with Crippen LogP contribution >= 0.6 is 0 Å². The number of esters is 4. The number of ether oxygens (including phenoxy) is 4. The molecule has 182 valence electrons. The van der Waals surface area contributed by atoms with E-state index in [9.17, 15) is 19.2 Å². The minimum Gasteiger partial charge on any atom is -0.465 e. The Kier molecular flexibility index (Phi) is 6.38. The normalized spacial score (nSPS) is 28.5. The second kappa shape index (κ2) is 9.62. The largest absolute Gasteiger partial charge is 0.465 e. The molecule has 3 heterocycles. The molecule has 3 aliphatic rings. The number of hydrogen-bond acceptors (Lipinski definition) is 8. The van der Waals surface area contributed by atoms with Gasteiger partial charge in [0.25, 0.3) is 0 Å². The molecule has 0 saturated carbocycles. The molecular weight excluding hydrogens is 452 g/mol. The van der Waals surface area contributed by atoms with Gasteiger partial charge in [-0.2, -0.15) is 0 Å². The number of rotatable bonds is 9. The summed E-state index contributed by atoms with van der Waals surface area (Å²) in [5, 5.41) is 0. The third kappa shape index (κ3) is 4.58. The molecule has 0 radical (unpaired) electrons. The first-order valence-electron chi connectivity index (χ1n) is 11.8. The first-order valence-corrected chi connectivity index (χ1v) is 11.8. The highest BCUT2D eigenvalue weighted by Crippen LogP contribution is 2.57. The van der Waals surface area contributed by atoms with Crippen LogP contribution in [0.4, 0.5) is 0 Å². The molecule has 1 unspecified atom stereocenters. The minimum absolute atomic E-state index is 0.0634. The van der Waals surface area contributed by atoms with Crippen molar-refractivity contribution in [2.45, 2.75) is 37.4 Å². The predicted octanol–water partition coefficient (Wildman–Crippen LogP) is 2.88. The number of aryl methyl sites for hydroxylation is 1. The van der Waals surface area contributed by atoms with E-state index in [2.05, 4.69) is 0 Å². The Hall–Kier alpha value is -3.52. The van der Waals surface area contributed by atoms with Crippen molar-refractivity contribution in [2.75, 3.05) is 13.2 Å². The van der Waals surface area contributed by atoms with Crippen molar-refractivity contribution in [3.05, 3.63) is 71.8 Å². The molecule has 35 heavy (non-hydrogen) atoms. The number of carbonyl (C=O) groups is 4. The van der Waals surface area contributed by atoms with Crippen LogP contribution in [0, 0.1) is 17.8 Å². The Bertz CT molecular complexity index is 1110. The fraction of sp³-hybridized carbons (Fsp3) is 0.407. The van der Waals surface area contributed by atoms with Gasteiger partial charge in [0.1, 0.15) is 24.0 Å². The predicted molar refractivity (Wildman–Crippen MR) is 121 cm³/mol. The van der Waals surface area contributed by atoms with Gasteiger partial charge in [-0.3, -0.25) is 14.4 Å². The van der Waals surface area contributed by atoms with Crippen molar-refractivity contribution in [3.8, 4) is 0 Å². The summed E-state index contributed by atoms with van der Waals surface area (Å²) in [4.78, 5) is 49.6. The molecule has 5 rings (SSSR count). The first kappa shape index (κ1) is 23.2. The number of fused-ring (bicyclic) bond motifs is 5. The average Bonchev–Trinajstić information content (AvgIpc) is 3.51. The maximum atomic E-state index is 12.5. The van der Waals surface area contributed by atoms with Gasteiger partial charge in [0.05, 0.1) is 18.3 Å². The highest BCUT2D eigenvalue weighted by atomic mass is 16.6. The van der Waals surface area contributed by atoms with Crippen LogP contribution in [0.15, 0.2) is 60.7 Å². The lowest BCUT2D eigenvalue weighted by atomic mass is 9.69. The Morgan fingerprint density at radius 2 is 1.66 bits per heavy atom. The summed E-state index contributed by atoms with van der Waals surface area (Å²) in [6, 6.07) is 18.4. The number of carbonyl (C=O) groups excluding carboxylic acids is 4. The van der Waals surface area contributed by atoms with Crippen LogP contribution in [0.5, 0.6) is 0 Å². The van der Waals surface area contributed by atoms with Gasteiger partial charge < -0.3 is 18.9 Å². The number of cyclic esters (lactones) is 2. The van der Waals surface area contributed by atoms with Gasteiger partial charge in [-0.25, -0.2) is 4.79 Å². The molecular formula is C27H26O8. The van der Waals surface area contributed by atoms with E-state index in [0.29, 0.717) is 18.4 Å². The van der Waals surface area contributed by atoms with Gasteiger partial charge in [0.2, 0.25) is 0 Å². The van der Waals surface area contributed by atoms with Gasteiger partial charge in [0.15, 0.2) is 0 Å². The lowest BCUT2D eigenvalue weighted by Crippen LogP contribution is -2.47. The monoisotopic (exact) mass is 478 g/mol. The van der Waals surface area contributed by atoms with E-state index < -0.39 is 41.4 Å². The first-order chi connectivity index (χ1) is 17.0. The van der Waals surface area contributed by atoms with Crippen molar-refractivity contribution in [1.82, 2.24) is 0 Å². The lowest BCUT2D eigenvalue weighted by Gasteiger charge is -2.31. The van der Waals surface area contributed by atoms with E-state index in [1.165, 1.54) is 0 Å². The van der Waals surface area contributed by atoms with Gasteiger partial charge in [-0.05, 0) is 37.0 Å². The van der Waals surface area contributed by atoms with Crippen LogP contribution in [0.2, 0.25) is 0 Å². The quantitative estimate of drug-likeness (QED) is 0.308. The lowest BCUT2D eigenvalue weighted by molar-refractivity contribution is -0.160. The van der Waals surface area contributed by atoms with E-state index in [-0.39, 0.29) is 31.5 Å². The van der Waals surface area contributed by atoms with E-state index in [0.717, 1.165) is 12.0 Å². The van der Waals surface area contributed by atoms with Gasteiger partial charge in [-0.15, -0.1) is 0 Å². The van der Waals surface area contributed by atoms with Crippen molar-refractivity contribution < 1.29 is 38.1 Å². The Morgan fingerprint density at radius 1 is 0.943 bits per heavy atom. The molecule has 5 atom stereocenters. The fourth-order valence-electron chi connectivity index (χ4n) is 5.46. The van der Waals surface area contributed by atoms with E-state index in [1.54, 1.807) is 30.3 Å². The molecule has 8 heteroatoms. The molecule has 0 N–H and O–H groups in total. The second-order valence-electron chi connectivity index (χ2n) is 9.32. The highest BCUT2D eigenvalue weighted by Gasteiger charge is 2.72. The third-order valence-electron chi connectivity index (χ3n) is 7.05. The Labute approximate surface area is 202 Å². The summed E-state index contributed by atoms with van der Waals surface area (Å²) in [5.41, 5.74) is 0.358. The molecule has 0 aliphatic carbocycles. The highest BCUT2D eigenvalue weighted by molar-refractivity contribution is 5.98. The molecule has 2 aromatic rings. The maximum absolute atomic E-state index is 12.5. The van der Waals surface area contributed by atoms with E-state index in [1.807, 2.05) is 30.3 Å². The number of benzene rings is 2. The molecule has 2 bridgehead atoms. The molecule has 8 nitrogen and oxygen atoms in total. The second-order valence-corrected chi connectivity index (χ2v) is 9.32. The third-order valence-corrected chi connectivity index (χ3v) is 7.05. The zero-order chi connectivity index (χ0) is 24.4. The zero-order valence-electron chi connectivity index (χ0n) is 19.1. The summed E-state index contributed by atoms with van der Waals surface area (Å²) in [7, 11) is 0. The van der Waals surface area contributed by atoms with Crippen LogP contribution in [0.25, 0.3) is 0 Å². The number of hydrogen-bond donors (Lipinski definition) is 0. The maximum Gasteiger partial charge on any atom is 0.338 e. The smallest absolute Gasteiger partial charge is 0.338 e. The minimum atomic E-state index is -1.17. The summed E-state index contributed by atoms with van der Waals surface area (Å²) in [5.74, 6) is -4.09. The van der Waals surface area contributed by atoms with Gasteiger partial charge >= 0.3 is 23.9 Å². The summed E-state index contributed by atoms with van der Waals surface area (Å²) >= 11 is 0. The zero-order valence-corrected chi connectivity index (χ0v) is 19.1. The van der Waals surface area contributed by atoms with Gasteiger partial charge in [-0.1, -0.05) is 48.5 Å². The van der Waals surface area contributed by atoms with Crippen LogP contribution in [-0.4, -0.2) is 48.8 Å². The molecule has 3 saturated heterocycles. The van der Waals surface area contributed by atoms with Crippen molar-refractivity contribution in [3.63, 3.8) is 0 Å². The molecule has 2 aromatic carbocycles. The van der Waals surface area contributed by atoms with E-state index >= 15 is 0 Å². The molecule has 3 fully saturated rings. The van der Waals surface area contributed by atoms with Crippen molar-refractivity contribution >= 4 is 23.9 Å². The topological polar surface area (TPSA) is 105 Å². The van der Waals surface area contributed by atoms with Crippen LogP contribution in [0.3, 0.4) is 0 Å². The molecule has 0 amide bonds. The van der Waals surface area contributed by atoms with Crippen LogP contribution in [0.1, 0.15) is 35.2 Å². The Balaban J connectivity index is 1.19. The SMILES string of the molecule is O=C(CCCc1ccccc1)OC[C@H]1C[C@@]2(COC(=O)c3ccccc3)OC1[C@H]1C(=O)OC(=O)[C@H]12. The average molecular weight is 478 g/mol. The molecule has 0 aromatic heterocycles. The van der Waals surface area contributed by atoms with E-state index in [4.69, 9.17) is 18.9 Å². The van der Waals surface area contributed by atoms with Gasteiger partial charge in [0, 0.05) is 12.3 Å². The van der Waals surface area contributed by atoms with Crippen molar-refractivity contribution in [1.29, 1.82) is 0 Å². The molecule has 0 spiro atoms. The summed E-state index contributed by atoms with van der Waals surface area (Å²) < 4.78 is 22.0. The fourth-order valence-corrected chi connectivity index (χ4v) is 5.46. The summed E-state index contributed by atoms with van der Waals surface area (Å²) in [6.07, 6.45) is 1.41. The van der Waals surface area contributed by atoms with Crippen LogP contribution < -0.4 is 0 Å². The molecule has 3 aliphatic heterocycles. The standard InChI is InChI=1S/C27H26O8/c28-20(13-7-10-17-8-3-1-4-9-17)32-15-19-14-27(16-33-24(29)18-11-5-2-6-12-18)22-21(23(19)35-27)25(30)34-26(22)31/h1-6,8-9,11-12,19,21-23H,7,10,13-16H2/t19-,21+,22+,23?,27+/m1/s1. The van der Waals surface area contributed by atoms with Crippen LogP contribution in [-0.2, 0) is 39.8 Å². The Morgan fingerprint density at radius 3 is 2.40 bits per heavy atom. The summed E-state index contributed by atoms with van der Waals surface area (Å²) in [6.45, 7) is -0.129.